The van der Waals surface area contributed by atoms with E-state index in [0.717, 1.165) is 40.4 Å². The van der Waals surface area contributed by atoms with Gasteiger partial charge in [0.25, 0.3) is 0 Å². The molecular weight excluding hydrogens is 354 g/mol. The third kappa shape index (κ3) is 4.05. The van der Waals surface area contributed by atoms with Gasteiger partial charge in [0.2, 0.25) is 5.91 Å². The fourth-order valence-corrected chi connectivity index (χ4v) is 4.60. The Hall–Kier alpha value is -1.43. The molecule has 134 valence electrons. The van der Waals surface area contributed by atoms with Crippen LogP contribution in [0.4, 0.5) is 0 Å². The third-order valence-electron chi connectivity index (χ3n) is 4.96. The lowest BCUT2D eigenvalue weighted by Crippen LogP contribution is -2.36. The van der Waals surface area contributed by atoms with Crippen molar-refractivity contribution in [2.24, 2.45) is 17.6 Å². The van der Waals surface area contributed by atoms with E-state index in [1.807, 2.05) is 31.2 Å². The standard InChI is InChI=1S/C19H24ClN3OS/c1-11(22-18(24)16-5-3-4-14(16)10-21)19-23-17(12(2)25-19)13-6-8-15(20)9-7-13/h6-9,11,14,16H,3-5,10,21H2,1-2H3,(H,22,24)/t11?,14-,16-/m1/s1. The Morgan fingerprint density at radius 3 is 2.80 bits per heavy atom. The number of benzene rings is 1. The molecule has 1 aliphatic carbocycles. The lowest BCUT2D eigenvalue weighted by atomic mass is 9.95. The maximum Gasteiger partial charge on any atom is 0.223 e. The molecule has 1 saturated carbocycles. The van der Waals surface area contributed by atoms with Crippen LogP contribution in [0.15, 0.2) is 24.3 Å². The van der Waals surface area contributed by atoms with Crippen LogP contribution in [0.25, 0.3) is 11.3 Å². The summed E-state index contributed by atoms with van der Waals surface area (Å²) in [5, 5.41) is 4.78. The second-order valence-corrected chi connectivity index (χ2v) is 8.40. The minimum Gasteiger partial charge on any atom is -0.347 e. The van der Waals surface area contributed by atoms with E-state index in [0.29, 0.717) is 17.5 Å². The number of nitrogens with zero attached hydrogens (tertiary/aromatic N) is 1. The number of thiazole rings is 1. The minimum absolute atomic E-state index is 0.0456. The number of nitrogens with two attached hydrogens (primary N) is 1. The molecular formula is C19H24ClN3OS. The van der Waals surface area contributed by atoms with Crippen molar-refractivity contribution in [2.75, 3.05) is 6.54 Å². The van der Waals surface area contributed by atoms with E-state index < -0.39 is 0 Å². The van der Waals surface area contributed by atoms with Gasteiger partial charge in [-0.25, -0.2) is 4.98 Å². The molecule has 1 aromatic carbocycles. The lowest BCUT2D eigenvalue weighted by molar-refractivity contribution is -0.126. The second kappa shape index (κ2) is 7.85. The molecule has 0 spiro atoms. The predicted octanol–water partition coefficient (Wildman–Crippen LogP) is 4.32. The molecule has 4 nitrogen and oxygen atoms in total. The van der Waals surface area contributed by atoms with Gasteiger partial charge in [-0.15, -0.1) is 11.3 Å². The Kier molecular flexibility index (Phi) is 5.77. The van der Waals surface area contributed by atoms with E-state index in [4.69, 9.17) is 22.3 Å². The fourth-order valence-electron chi connectivity index (χ4n) is 3.52. The number of aromatic nitrogens is 1. The number of nitrogens with one attached hydrogen (secondary N) is 1. The summed E-state index contributed by atoms with van der Waals surface area (Å²) >= 11 is 7.59. The first-order valence-electron chi connectivity index (χ1n) is 8.73. The number of aryl methyl sites for hydroxylation is 1. The first-order valence-corrected chi connectivity index (χ1v) is 9.92. The lowest BCUT2D eigenvalue weighted by Gasteiger charge is -2.19. The molecule has 1 amide bonds. The monoisotopic (exact) mass is 377 g/mol. The van der Waals surface area contributed by atoms with Gasteiger partial charge in [-0.05, 0) is 51.3 Å². The van der Waals surface area contributed by atoms with Crippen molar-refractivity contribution in [3.8, 4) is 11.3 Å². The van der Waals surface area contributed by atoms with Crippen LogP contribution in [0.3, 0.4) is 0 Å². The molecule has 25 heavy (non-hydrogen) atoms. The molecule has 0 radical (unpaired) electrons. The fraction of sp³-hybridized carbons (Fsp3) is 0.474. The van der Waals surface area contributed by atoms with Crippen LogP contribution in [-0.4, -0.2) is 17.4 Å². The van der Waals surface area contributed by atoms with E-state index in [1.165, 1.54) is 0 Å². The molecule has 3 atom stereocenters. The first kappa shape index (κ1) is 18.4. The van der Waals surface area contributed by atoms with Crippen molar-refractivity contribution in [3.63, 3.8) is 0 Å². The molecule has 1 aromatic heterocycles. The van der Waals surface area contributed by atoms with Crippen molar-refractivity contribution in [1.29, 1.82) is 0 Å². The van der Waals surface area contributed by atoms with E-state index >= 15 is 0 Å². The molecule has 0 bridgehead atoms. The first-order chi connectivity index (χ1) is 12.0. The maximum atomic E-state index is 12.6. The highest BCUT2D eigenvalue weighted by atomic mass is 35.5. The number of carbonyl (C=O) groups excluding carboxylic acids is 1. The molecule has 3 rings (SSSR count). The number of hydrogen-bond acceptors (Lipinski definition) is 4. The Morgan fingerprint density at radius 2 is 2.12 bits per heavy atom. The van der Waals surface area contributed by atoms with Crippen molar-refractivity contribution in [3.05, 3.63) is 39.2 Å². The van der Waals surface area contributed by atoms with Gasteiger partial charge in [-0.1, -0.05) is 30.2 Å². The molecule has 1 unspecified atom stereocenters. The highest BCUT2D eigenvalue weighted by Gasteiger charge is 2.32. The van der Waals surface area contributed by atoms with Crippen molar-refractivity contribution >= 4 is 28.8 Å². The van der Waals surface area contributed by atoms with Gasteiger partial charge in [-0.2, -0.15) is 0 Å². The molecule has 1 aliphatic rings. The summed E-state index contributed by atoms with van der Waals surface area (Å²) in [7, 11) is 0. The number of rotatable bonds is 5. The quantitative estimate of drug-likeness (QED) is 0.815. The summed E-state index contributed by atoms with van der Waals surface area (Å²) in [6, 6.07) is 7.58. The summed E-state index contributed by atoms with van der Waals surface area (Å²) in [4.78, 5) is 18.5. The van der Waals surface area contributed by atoms with Crippen molar-refractivity contribution in [1.82, 2.24) is 10.3 Å². The number of halogens is 1. The Morgan fingerprint density at radius 1 is 1.40 bits per heavy atom. The van der Waals surface area contributed by atoms with Gasteiger partial charge in [0.05, 0.1) is 11.7 Å². The van der Waals surface area contributed by atoms with Gasteiger partial charge >= 0.3 is 0 Å². The van der Waals surface area contributed by atoms with Gasteiger partial charge in [0, 0.05) is 21.4 Å². The van der Waals surface area contributed by atoms with E-state index in [2.05, 4.69) is 12.2 Å². The molecule has 0 aliphatic heterocycles. The summed E-state index contributed by atoms with van der Waals surface area (Å²) in [5.41, 5.74) is 7.80. The van der Waals surface area contributed by atoms with Crippen LogP contribution in [0.1, 0.15) is 42.1 Å². The number of carbonyl (C=O) groups is 1. The zero-order valence-electron chi connectivity index (χ0n) is 14.6. The highest BCUT2D eigenvalue weighted by Crippen LogP contribution is 2.33. The summed E-state index contributed by atoms with van der Waals surface area (Å²) in [5.74, 6) is 0.473. The number of hydrogen-bond donors (Lipinski definition) is 2. The van der Waals surface area contributed by atoms with Gasteiger partial charge < -0.3 is 11.1 Å². The SMILES string of the molecule is Cc1sc(C(C)NC(=O)[C@@H]2CCC[C@@H]2CN)nc1-c1ccc(Cl)cc1. The summed E-state index contributed by atoms with van der Waals surface area (Å²) in [6.07, 6.45) is 3.08. The molecule has 6 heteroatoms. The molecule has 0 saturated heterocycles. The van der Waals surface area contributed by atoms with E-state index in [-0.39, 0.29) is 17.9 Å². The maximum absolute atomic E-state index is 12.6. The van der Waals surface area contributed by atoms with E-state index in [1.54, 1.807) is 11.3 Å². The molecule has 2 aromatic rings. The normalized spacial score (nSPS) is 21.3. The predicted molar refractivity (Wildman–Crippen MR) is 104 cm³/mol. The molecule has 1 heterocycles. The minimum atomic E-state index is -0.101. The van der Waals surface area contributed by atoms with Crippen LogP contribution in [0.5, 0.6) is 0 Å². The average molecular weight is 378 g/mol. The highest BCUT2D eigenvalue weighted by molar-refractivity contribution is 7.12. The summed E-state index contributed by atoms with van der Waals surface area (Å²) < 4.78 is 0. The van der Waals surface area contributed by atoms with Crippen LogP contribution in [0.2, 0.25) is 5.02 Å². The van der Waals surface area contributed by atoms with Gasteiger partial charge in [-0.3, -0.25) is 4.79 Å². The van der Waals surface area contributed by atoms with E-state index in [9.17, 15) is 4.79 Å². The van der Waals surface area contributed by atoms with Crippen molar-refractivity contribution < 1.29 is 4.79 Å². The Labute approximate surface area is 157 Å². The largest absolute Gasteiger partial charge is 0.347 e. The Bertz CT molecular complexity index is 744. The second-order valence-electron chi connectivity index (χ2n) is 6.73. The summed E-state index contributed by atoms with van der Waals surface area (Å²) in [6.45, 7) is 4.64. The van der Waals surface area contributed by atoms with Gasteiger partial charge in [0.15, 0.2) is 0 Å². The number of amides is 1. The van der Waals surface area contributed by atoms with Crippen molar-refractivity contribution in [2.45, 2.75) is 39.2 Å². The molecule has 1 fully saturated rings. The van der Waals surface area contributed by atoms with Crippen LogP contribution in [0, 0.1) is 18.8 Å². The zero-order valence-corrected chi connectivity index (χ0v) is 16.2. The van der Waals surface area contributed by atoms with Crippen LogP contribution in [-0.2, 0) is 4.79 Å². The van der Waals surface area contributed by atoms with Gasteiger partial charge in [0.1, 0.15) is 5.01 Å². The average Bonchev–Trinajstić information content (AvgIpc) is 3.22. The topological polar surface area (TPSA) is 68.0 Å². The van der Waals surface area contributed by atoms with Crippen LogP contribution < -0.4 is 11.1 Å². The smallest absolute Gasteiger partial charge is 0.223 e. The third-order valence-corrected chi connectivity index (χ3v) is 6.36. The zero-order chi connectivity index (χ0) is 18.0. The Balaban J connectivity index is 1.72. The molecule has 3 N–H and O–H groups in total. The van der Waals surface area contributed by atoms with Crippen LogP contribution >= 0.6 is 22.9 Å².